The first-order valence-electron chi connectivity index (χ1n) is 8.42. The normalized spacial score (nSPS) is 15.3. The number of piperidine rings is 1. The largest absolute Gasteiger partial charge is 0.487 e. The fraction of sp³-hybridized carbons (Fsp3) is 0.278. The van der Waals surface area contributed by atoms with Gasteiger partial charge in [0.2, 0.25) is 0 Å². The van der Waals surface area contributed by atoms with Crippen LogP contribution in [0.1, 0.15) is 12.8 Å². The highest BCUT2D eigenvalue weighted by Gasteiger charge is 2.24. The second kappa shape index (κ2) is 7.11. The fourth-order valence-electron chi connectivity index (χ4n) is 3.11. The summed E-state index contributed by atoms with van der Waals surface area (Å²) in [7, 11) is 0. The van der Waals surface area contributed by atoms with E-state index in [1.165, 1.54) is 12.3 Å². The van der Waals surface area contributed by atoms with E-state index in [1.54, 1.807) is 6.07 Å². The summed E-state index contributed by atoms with van der Waals surface area (Å²) in [6.45, 7) is 1.05. The molecule has 6 nitrogen and oxygen atoms in total. The van der Waals surface area contributed by atoms with E-state index in [2.05, 4.69) is 15.0 Å². The molecule has 0 radical (unpaired) electrons. The predicted molar refractivity (Wildman–Crippen MR) is 97.4 cm³/mol. The summed E-state index contributed by atoms with van der Waals surface area (Å²) in [6, 6.07) is 4.78. The van der Waals surface area contributed by atoms with Crippen LogP contribution in [-0.2, 0) is 0 Å². The van der Waals surface area contributed by atoms with Crippen LogP contribution in [0.15, 0.2) is 35.3 Å². The molecular formula is C18H15ClF2N4O2. The molecule has 0 amide bonds. The SMILES string of the molecule is O=c1[nH]c2cc(Cl)ncc2nc1N1CCC(Oc2ccc(F)cc2F)CC1. The Balaban J connectivity index is 1.47. The molecular weight excluding hydrogens is 378 g/mol. The molecule has 1 saturated heterocycles. The number of hydrogen-bond acceptors (Lipinski definition) is 5. The molecule has 0 atom stereocenters. The van der Waals surface area contributed by atoms with E-state index in [-0.39, 0.29) is 22.6 Å². The van der Waals surface area contributed by atoms with Crippen LogP contribution in [0.3, 0.4) is 0 Å². The highest BCUT2D eigenvalue weighted by Crippen LogP contribution is 2.24. The lowest BCUT2D eigenvalue weighted by Crippen LogP contribution is -2.41. The first-order chi connectivity index (χ1) is 13.0. The van der Waals surface area contributed by atoms with Crippen LogP contribution in [0.25, 0.3) is 11.0 Å². The molecule has 1 aromatic carbocycles. The Hall–Kier alpha value is -2.74. The number of anilines is 1. The highest BCUT2D eigenvalue weighted by atomic mass is 35.5. The molecule has 4 rings (SSSR count). The van der Waals surface area contributed by atoms with Crippen LogP contribution in [0, 0.1) is 11.6 Å². The zero-order chi connectivity index (χ0) is 19.0. The monoisotopic (exact) mass is 392 g/mol. The zero-order valence-corrected chi connectivity index (χ0v) is 14.8. The first kappa shape index (κ1) is 17.7. The summed E-state index contributed by atoms with van der Waals surface area (Å²) in [5.41, 5.74) is 0.753. The summed E-state index contributed by atoms with van der Waals surface area (Å²) in [4.78, 5) is 25.3. The van der Waals surface area contributed by atoms with Crippen LogP contribution in [0.2, 0.25) is 5.15 Å². The van der Waals surface area contributed by atoms with E-state index in [9.17, 15) is 13.6 Å². The van der Waals surface area contributed by atoms with E-state index in [1.807, 2.05) is 4.90 Å². The van der Waals surface area contributed by atoms with Crippen molar-refractivity contribution < 1.29 is 13.5 Å². The van der Waals surface area contributed by atoms with Gasteiger partial charge in [-0.15, -0.1) is 0 Å². The number of aromatic nitrogens is 3. The van der Waals surface area contributed by atoms with Crippen molar-refractivity contribution in [3.63, 3.8) is 0 Å². The Labute approximate surface area is 157 Å². The minimum Gasteiger partial charge on any atom is -0.487 e. The summed E-state index contributed by atoms with van der Waals surface area (Å²) in [5.74, 6) is -1.04. The van der Waals surface area contributed by atoms with Crippen molar-refractivity contribution in [2.45, 2.75) is 18.9 Å². The van der Waals surface area contributed by atoms with Crippen molar-refractivity contribution in [2.75, 3.05) is 18.0 Å². The molecule has 1 aliphatic heterocycles. The topological polar surface area (TPSA) is 71.1 Å². The van der Waals surface area contributed by atoms with Crippen LogP contribution in [0.5, 0.6) is 5.75 Å². The van der Waals surface area contributed by atoms with Crippen molar-refractivity contribution >= 4 is 28.5 Å². The Morgan fingerprint density at radius 3 is 2.74 bits per heavy atom. The lowest BCUT2D eigenvalue weighted by molar-refractivity contribution is 0.163. The minimum atomic E-state index is -0.726. The van der Waals surface area contributed by atoms with E-state index < -0.39 is 11.6 Å². The van der Waals surface area contributed by atoms with Crippen molar-refractivity contribution in [3.05, 3.63) is 57.6 Å². The molecule has 27 heavy (non-hydrogen) atoms. The van der Waals surface area contributed by atoms with Gasteiger partial charge in [-0.1, -0.05) is 11.6 Å². The quantitative estimate of drug-likeness (QED) is 0.692. The Morgan fingerprint density at radius 1 is 1.22 bits per heavy atom. The molecule has 3 aromatic rings. The van der Waals surface area contributed by atoms with E-state index >= 15 is 0 Å². The van der Waals surface area contributed by atoms with E-state index in [4.69, 9.17) is 16.3 Å². The van der Waals surface area contributed by atoms with Gasteiger partial charge in [-0.2, -0.15) is 0 Å². The Morgan fingerprint density at radius 2 is 2.00 bits per heavy atom. The summed E-state index contributed by atoms with van der Waals surface area (Å²) < 4.78 is 32.4. The van der Waals surface area contributed by atoms with Crippen molar-refractivity contribution in [3.8, 4) is 5.75 Å². The number of rotatable bonds is 3. The number of halogens is 3. The summed E-state index contributed by atoms with van der Waals surface area (Å²) in [5, 5.41) is 0.277. The molecule has 0 bridgehead atoms. The maximum Gasteiger partial charge on any atom is 0.291 e. The molecule has 0 saturated carbocycles. The molecule has 2 aromatic heterocycles. The van der Waals surface area contributed by atoms with Gasteiger partial charge < -0.3 is 14.6 Å². The number of benzene rings is 1. The van der Waals surface area contributed by atoms with Crippen LogP contribution < -0.4 is 15.2 Å². The number of H-pyrrole nitrogens is 1. The maximum atomic E-state index is 13.7. The molecule has 9 heteroatoms. The third-order valence-electron chi connectivity index (χ3n) is 4.46. The number of nitrogens with zero attached hydrogens (tertiary/aromatic N) is 3. The second-order valence-electron chi connectivity index (χ2n) is 6.29. The number of ether oxygens (including phenoxy) is 1. The molecule has 0 aliphatic carbocycles. The Bertz CT molecular complexity index is 1050. The van der Waals surface area contributed by atoms with Crippen molar-refractivity contribution in [1.29, 1.82) is 0 Å². The van der Waals surface area contributed by atoms with Gasteiger partial charge in [0.15, 0.2) is 17.4 Å². The number of nitrogens with one attached hydrogen (secondary N) is 1. The van der Waals surface area contributed by atoms with Crippen LogP contribution in [-0.4, -0.2) is 34.1 Å². The second-order valence-corrected chi connectivity index (χ2v) is 6.68. The third-order valence-corrected chi connectivity index (χ3v) is 4.66. The number of aromatic amines is 1. The van der Waals surface area contributed by atoms with E-state index in [0.717, 1.165) is 12.1 Å². The maximum absolute atomic E-state index is 13.7. The van der Waals surface area contributed by atoms with Gasteiger partial charge in [-0.05, 0) is 12.1 Å². The molecule has 1 fully saturated rings. The smallest absolute Gasteiger partial charge is 0.291 e. The number of hydrogen-bond donors (Lipinski definition) is 1. The van der Waals surface area contributed by atoms with Gasteiger partial charge in [-0.3, -0.25) is 4.79 Å². The zero-order valence-electron chi connectivity index (χ0n) is 14.1. The standard InChI is InChI=1S/C18H15ClF2N4O2/c19-16-8-13-14(9-22-16)23-17(18(26)24-13)25-5-3-11(4-6-25)27-15-2-1-10(20)7-12(15)21/h1-2,7-9,11H,3-6H2,(H,24,26). The number of fused-ring (bicyclic) bond motifs is 1. The molecule has 0 unspecified atom stereocenters. The average Bonchev–Trinajstić information content (AvgIpc) is 2.64. The van der Waals surface area contributed by atoms with Gasteiger partial charge in [0.05, 0.1) is 11.7 Å². The molecule has 3 heterocycles. The first-order valence-corrected chi connectivity index (χ1v) is 8.79. The number of pyridine rings is 1. The van der Waals surface area contributed by atoms with Gasteiger partial charge in [0.1, 0.15) is 22.6 Å². The van der Waals surface area contributed by atoms with Crippen LogP contribution >= 0.6 is 11.6 Å². The summed E-state index contributed by atoms with van der Waals surface area (Å²) >= 11 is 5.83. The van der Waals surface area contributed by atoms with E-state index in [0.29, 0.717) is 42.8 Å². The predicted octanol–water partition coefficient (Wildman–Crippen LogP) is 3.30. The minimum absolute atomic E-state index is 0.0273. The Kier molecular flexibility index (Phi) is 4.65. The lowest BCUT2D eigenvalue weighted by Gasteiger charge is -2.32. The molecule has 1 N–H and O–H groups in total. The average molecular weight is 393 g/mol. The van der Waals surface area contributed by atoms with Crippen molar-refractivity contribution in [1.82, 2.24) is 15.0 Å². The lowest BCUT2D eigenvalue weighted by atomic mass is 10.1. The fourth-order valence-corrected chi connectivity index (χ4v) is 3.26. The van der Waals surface area contributed by atoms with Crippen LogP contribution in [0.4, 0.5) is 14.6 Å². The molecule has 140 valence electrons. The molecule has 0 spiro atoms. The highest BCUT2D eigenvalue weighted by molar-refractivity contribution is 6.29. The van der Waals surface area contributed by atoms with Gasteiger partial charge in [0.25, 0.3) is 5.56 Å². The van der Waals surface area contributed by atoms with Gasteiger partial charge in [-0.25, -0.2) is 18.7 Å². The van der Waals surface area contributed by atoms with Crippen molar-refractivity contribution in [2.24, 2.45) is 0 Å². The third kappa shape index (κ3) is 3.71. The van der Waals surface area contributed by atoms with Gasteiger partial charge >= 0.3 is 0 Å². The van der Waals surface area contributed by atoms with Gasteiger partial charge in [0, 0.05) is 38.1 Å². The molecule has 1 aliphatic rings. The summed E-state index contributed by atoms with van der Waals surface area (Å²) in [6.07, 6.45) is 2.44.